The molecule has 1 rings (SSSR count). The van der Waals surface area contributed by atoms with Crippen LogP contribution in [0.5, 0.6) is 0 Å². The van der Waals surface area contributed by atoms with Crippen LogP contribution in [-0.2, 0) is 9.78 Å². The van der Waals surface area contributed by atoms with E-state index in [1.807, 2.05) is 0 Å². The van der Waals surface area contributed by atoms with Gasteiger partial charge < -0.3 is 0 Å². The Bertz CT molecular complexity index is 373. The van der Waals surface area contributed by atoms with Crippen LogP contribution in [0.2, 0.25) is 0 Å². The first-order chi connectivity index (χ1) is 10.6. The summed E-state index contributed by atoms with van der Waals surface area (Å²) in [6.45, 7) is 7.45. The summed E-state index contributed by atoms with van der Waals surface area (Å²) in [6, 6.07) is 10.9. The van der Waals surface area contributed by atoms with Gasteiger partial charge in [-0.2, -0.15) is 0 Å². The van der Waals surface area contributed by atoms with Crippen LogP contribution in [0.4, 0.5) is 0 Å². The van der Waals surface area contributed by atoms with E-state index >= 15 is 0 Å². The Balaban J connectivity index is 2.59. The van der Waals surface area contributed by atoms with E-state index in [0.717, 1.165) is 0 Å². The van der Waals surface area contributed by atoms with Crippen molar-refractivity contribution in [1.82, 2.24) is 0 Å². The first-order valence-electron chi connectivity index (χ1n) is 8.82. The summed E-state index contributed by atoms with van der Waals surface area (Å²) in [7, 11) is 1.58. The predicted molar refractivity (Wildman–Crippen MR) is 93.9 cm³/mol. The second kappa shape index (κ2) is 10.8. The first-order valence-corrected chi connectivity index (χ1v) is 8.82. The van der Waals surface area contributed by atoms with E-state index in [9.17, 15) is 0 Å². The molecule has 1 aromatic carbocycles. The number of hydrogen-bond acceptors (Lipinski definition) is 2. The second-order valence-corrected chi connectivity index (χ2v) is 6.94. The zero-order valence-corrected chi connectivity index (χ0v) is 14.9. The lowest BCUT2D eigenvalue weighted by Gasteiger charge is -2.34. The highest BCUT2D eigenvalue weighted by molar-refractivity contribution is 5.21. The molecule has 2 heteroatoms. The van der Waals surface area contributed by atoms with Gasteiger partial charge in [-0.05, 0) is 23.3 Å². The molecule has 0 fully saturated rings. The Morgan fingerprint density at radius 1 is 0.955 bits per heavy atom. The minimum absolute atomic E-state index is 0.0702. The van der Waals surface area contributed by atoms with Crippen molar-refractivity contribution >= 4 is 0 Å². The molecule has 0 radical (unpaired) electrons. The fourth-order valence-electron chi connectivity index (χ4n) is 3.13. The molecule has 0 N–H and O–H groups in total. The minimum atomic E-state index is 0.0702. The van der Waals surface area contributed by atoms with Gasteiger partial charge in [0.25, 0.3) is 0 Å². The van der Waals surface area contributed by atoms with E-state index in [-0.39, 0.29) is 5.41 Å². The molecule has 0 saturated heterocycles. The Morgan fingerprint density at radius 3 is 2.23 bits per heavy atom. The van der Waals surface area contributed by atoms with Crippen molar-refractivity contribution in [1.29, 1.82) is 0 Å². The molecule has 0 aliphatic heterocycles. The standard InChI is InChI=1S/C20H34O2/c1-5-6-7-8-9-13-16-19(18-14-11-10-12-15-18)20(2,3)17-22-21-4/h10-12,14-15,19H,5-9,13,16-17H2,1-4H3. The molecule has 22 heavy (non-hydrogen) atoms. The third-order valence-electron chi connectivity index (χ3n) is 4.54. The van der Waals surface area contributed by atoms with Crippen LogP contribution in [0.25, 0.3) is 0 Å². The summed E-state index contributed by atoms with van der Waals surface area (Å²) in [4.78, 5) is 10.1. The van der Waals surface area contributed by atoms with E-state index in [4.69, 9.17) is 9.78 Å². The van der Waals surface area contributed by atoms with Gasteiger partial charge >= 0.3 is 0 Å². The van der Waals surface area contributed by atoms with Gasteiger partial charge in [-0.3, -0.25) is 0 Å². The molecule has 0 saturated carbocycles. The van der Waals surface area contributed by atoms with Crippen molar-refractivity contribution in [2.45, 2.75) is 71.6 Å². The Morgan fingerprint density at radius 2 is 1.59 bits per heavy atom. The van der Waals surface area contributed by atoms with E-state index in [2.05, 4.69) is 51.1 Å². The summed E-state index contributed by atoms with van der Waals surface area (Å²) in [6.07, 6.45) is 9.27. The maximum Gasteiger partial charge on any atom is 0.0878 e. The lowest BCUT2D eigenvalue weighted by atomic mass is 9.73. The van der Waals surface area contributed by atoms with Gasteiger partial charge in [0.05, 0.1) is 13.7 Å². The average Bonchev–Trinajstić information content (AvgIpc) is 2.53. The van der Waals surface area contributed by atoms with Crippen LogP contribution in [0.3, 0.4) is 0 Å². The Labute approximate surface area is 137 Å². The van der Waals surface area contributed by atoms with Gasteiger partial charge in [0, 0.05) is 0 Å². The Hall–Kier alpha value is -0.860. The van der Waals surface area contributed by atoms with Crippen molar-refractivity contribution in [2.24, 2.45) is 5.41 Å². The third-order valence-corrected chi connectivity index (χ3v) is 4.54. The van der Waals surface area contributed by atoms with Gasteiger partial charge in [0.15, 0.2) is 0 Å². The summed E-state index contributed by atoms with van der Waals surface area (Å²) in [5.41, 5.74) is 1.49. The molecule has 2 nitrogen and oxygen atoms in total. The summed E-state index contributed by atoms with van der Waals surface area (Å²) >= 11 is 0. The summed E-state index contributed by atoms with van der Waals surface area (Å²) in [5.74, 6) is 0.509. The number of benzene rings is 1. The van der Waals surface area contributed by atoms with E-state index < -0.39 is 0 Å². The first kappa shape index (κ1) is 19.2. The second-order valence-electron chi connectivity index (χ2n) is 6.94. The van der Waals surface area contributed by atoms with Crippen LogP contribution in [0.1, 0.15) is 77.2 Å². The average molecular weight is 306 g/mol. The van der Waals surface area contributed by atoms with Crippen LogP contribution < -0.4 is 0 Å². The molecule has 1 aromatic rings. The quantitative estimate of drug-likeness (QED) is 0.263. The zero-order chi connectivity index (χ0) is 16.3. The number of unbranched alkanes of at least 4 members (excludes halogenated alkanes) is 5. The topological polar surface area (TPSA) is 18.5 Å². The van der Waals surface area contributed by atoms with Crippen LogP contribution >= 0.6 is 0 Å². The van der Waals surface area contributed by atoms with Gasteiger partial charge in [-0.15, -0.1) is 0 Å². The molecule has 0 spiro atoms. The highest BCUT2D eigenvalue weighted by atomic mass is 17.2. The lowest BCUT2D eigenvalue weighted by Crippen LogP contribution is -2.28. The van der Waals surface area contributed by atoms with Crippen molar-refractivity contribution in [3.05, 3.63) is 35.9 Å². The van der Waals surface area contributed by atoms with Crippen LogP contribution in [-0.4, -0.2) is 13.7 Å². The van der Waals surface area contributed by atoms with Crippen LogP contribution in [0, 0.1) is 5.41 Å². The molecular weight excluding hydrogens is 272 g/mol. The highest BCUT2D eigenvalue weighted by Crippen LogP contribution is 2.39. The van der Waals surface area contributed by atoms with E-state index in [1.165, 1.54) is 50.5 Å². The molecule has 0 bridgehead atoms. The molecule has 126 valence electrons. The third kappa shape index (κ3) is 6.93. The van der Waals surface area contributed by atoms with Gasteiger partial charge in [-0.1, -0.05) is 89.6 Å². The number of rotatable bonds is 12. The van der Waals surface area contributed by atoms with Gasteiger partial charge in [0.2, 0.25) is 0 Å². The monoisotopic (exact) mass is 306 g/mol. The van der Waals surface area contributed by atoms with Crippen molar-refractivity contribution < 1.29 is 9.78 Å². The lowest BCUT2D eigenvalue weighted by molar-refractivity contribution is -0.289. The largest absolute Gasteiger partial charge is 0.240 e. The zero-order valence-electron chi connectivity index (χ0n) is 14.9. The molecule has 0 heterocycles. The van der Waals surface area contributed by atoms with Gasteiger partial charge in [-0.25, -0.2) is 9.78 Å². The Kier molecular flexibility index (Phi) is 9.42. The smallest absolute Gasteiger partial charge is 0.0878 e. The highest BCUT2D eigenvalue weighted by Gasteiger charge is 2.31. The molecule has 1 unspecified atom stereocenters. The minimum Gasteiger partial charge on any atom is -0.240 e. The molecule has 1 atom stereocenters. The molecule has 0 aromatic heterocycles. The van der Waals surface area contributed by atoms with Crippen molar-refractivity contribution in [3.63, 3.8) is 0 Å². The molecule has 0 aliphatic carbocycles. The molecule has 0 aliphatic rings. The van der Waals surface area contributed by atoms with Crippen LogP contribution in [0.15, 0.2) is 30.3 Å². The van der Waals surface area contributed by atoms with Gasteiger partial charge in [0.1, 0.15) is 0 Å². The predicted octanol–water partition coefficient (Wildman–Crippen LogP) is 6.13. The normalized spacial score (nSPS) is 13.3. The number of hydrogen-bond donors (Lipinski definition) is 0. The van der Waals surface area contributed by atoms with E-state index in [1.54, 1.807) is 7.11 Å². The SMILES string of the molecule is CCCCCCCCC(c1ccccc1)C(C)(C)COOC. The molecule has 0 amide bonds. The van der Waals surface area contributed by atoms with E-state index in [0.29, 0.717) is 12.5 Å². The maximum absolute atomic E-state index is 5.26. The van der Waals surface area contributed by atoms with Crippen molar-refractivity contribution in [2.75, 3.05) is 13.7 Å². The summed E-state index contributed by atoms with van der Waals surface area (Å²) in [5, 5.41) is 0. The fourth-order valence-corrected chi connectivity index (χ4v) is 3.13. The van der Waals surface area contributed by atoms with Crippen molar-refractivity contribution in [3.8, 4) is 0 Å². The maximum atomic E-state index is 5.26. The fraction of sp³-hybridized carbons (Fsp3) is 0.700. The molecular formula is C20H34O2. The summed E-state index contributed by atoms with van der Waals surface area (Å²) < 4.78 is 0.